The third-order valence-electron chi connectivity index (χ3n) is 3.87. The van der Waals surface area contributed by atoms with Gasteiger partial charge in [-0.3, -0.25) is 4.79 Å². The van der Waals surface area contributed by atoms with Crippen LogP contribution in [0.4, 0.5) is 0 Å². The van der Waals surface area contributed by atoms with Gasteiger partial charge in [-0.1, -0.05) is 6.42 Å². The summed E-state index contributed by atoms with van der Waals surface area (Å²) in [7, 11) is 1.43. The number of thiophene rings is 1. The Morgan fingerprint density at radius 2 is 2.05 bits per heavy atom. The molecule has 0 aliphatic carbocycles. The van der Waals surface area contributed by atoms with Crippen molar-refractivity contribution in [1.29, 1.82) is 0 Å². The highest BCUT2D eigenvalue weighted by Gasteiger charge is 2.13. The number of rotatable bonds is 7. The predicted molar refractivity (Wildman–Crippen MR) is 86.6 cm³/mol. The Kier molecular flexibility index (Phi) is 6.67. The second-order valence-electron chi connectivity index (χ2n) is 5.76. The minimum Gasteiger partial charge on any atom is -0.469 e. The first-order valence-electron chi connectivity index (χ1n) is 7.77. The van der Waals surface area contributed by atoms with Crippen LogP contribution >= 0.6 is 11.3 Å². The van der Waals surface area contributed by atoms with Gasteiger partial charge in [0.25, 0.3) is 0 Å². The summed E-state index contributed by atoms with van der Waals surface area (Å²) in [5, 5.41) is 3.58. The van der Waals surface area contributed by atoms with Gasteiger partial charge in [0.05, 0.1) is 13.5 Å². The Hall–Kier alpha value is -0.910. The van der Waals surface area contributed by atoms with Gasteiger partial charge in [0.15, 0.2) is 0 Å². The van der Waals surface area contributed by atoms with Crippen molar-refractivity contribution in [3.8, 4) is 0 Å². The van der Waals surface area contributed by atoms with Crippen molar-refractivity contribution in [2.45, 2.75) is 45.2 Å². The average molecular weight is 310 g/mol. The summed E-state index contributed by atoms with van der Waals surface area (Å²) in [5.74, 6) is -0.171. The molecule has 5 heteroatoms. The third-order valence-corrected chi connectivity index (χ3v) is 4.95. The molecular weight excluding hydrogens is 284 g/mol. The molecule has 1 N–H and O–H groups in total. The van der Waals surface area contributed by atoms with Gasteiger partial charge in [-0.25, -0.2) is 0 Å². The number of likely N-dealkylation sites (tertiary alicyclic amines) is 1. The van der Waals surface area contributed by atoms with Crippen molar-refractivity contribution >= 4 is 17.3 Å². The van der Waals surface area contributed by atoms with E-state index in [0.717, 1.165) is 18.0 Å². The Bertz CT molecular complexity index is 441. The molecule has 0 spiro atoms. The Balaban J connectivity index is 1.70. The van der Waals surface area contributed by atoms with Crippen LogP contribution in [0.3, 0.4) is 0 Å². The number of methoxy groups -OCH3 is 1. The molecule has 1 saturated heterocycles. The van der Waals surface area contributed by atoms with E-state index < -0.39 is 0 Å². The number of ether oxygens (including phenoxy) is 1. The van der Waals surface area contributed by atoms with E-state index >= 15 is 0 Å². The number of carbonyl (C=O) groups excluding carboxylic acids is 1. The van der Waals surface area contributed by atoms with E-state index in [-0.39, 0.29) is 5.97 Å². The molecule has 0 amide bonds. The number of piperidine rings is 1. The van der Waals surface area contributed by atoms with E-state index in [9.17, 15) is 4.79 Å². The Morgan fingerprint density at radius 3 is 2.76 bits per heavy atom. The van der Waals surface area contributed by atoms with Crippen LogP contribution in [0.2, 0.25) is 0 Å². The van der Waals surface area contributed by atoms with Gasteiger partial charge < -0.3 is 15.0 Å². The van der Waals surface area contributed by atoms with Crippen LogP contribution in [0.15, 0.2) is 12.1 Å². The zero-order valence-corrected chi connectivity index (χ0v) is 13.9. The molecule has 1 unspecified atom stereocenters. The monoisotopic (exact) mass is 310 g/mol. The third kappa shape index (κ3) is 5.77. The Labute approximate surface area is 131 Å². The zero-order valence-electron chi connectivity index (χ0n) is 13.1. The zero-order chi connectivity index (χ0) is 15.1. The fourth-order valence-electron chi connectivity index (χ4n) is 2.70. The summed E-state index contributed by atoms with van der Waals surface area (Å²) in [5.41, 5.74) is 0. The maximum atomic E-state index is 11.2. The van der Waals surface area contributed by atoms with Crippen LogP contribution in [-0.4, -0.2) is 43.7 Å². The first-order chi connectivity index (χ1) is 10.2. The molecule has 2 rings (SSSR count). The van der Waals surface area contributed by atoms with Crippen LogP contribution in [0.5, 0.6) is 0 Å². The van der Waals surface area contributed by atoms with Crippen molar-refractivity contribution < 1.29 is 9.53 Å². The van der Waals surface area contributed by atoms with Crippen LogP contribution in [0, 0.1) is 0 Å². The highest BCUT2D eigenvalue weighted by Crippen LogP contribution is 2.17. The fourth-order valence-corrected chi connectivity index (χ4v) is 3.65. The van der Waals surface area contributed by atoms with Crippen LogP contribution in [-0.2, 0) is 22.5 Å². The lowest BCUT2D eigenvalue weighted by Gasteiger charge is -2.29. The van der Waals surface area contributed by atoms with Crippen molar-refractivity contribution in [3.63, 3.8) is 0 Å². The SMILES string of the molecule is COC(=O)Cc1ccc(CNC(C)CN2CCCCC2)s1. The molecule has 1 fully saturated rings. The minimum absolute atomic E-state index is 0.171. The number of hydrogen-bond donors (Lipinski definition) is 1. The maximum Gasteiger partial charge on any atom is 0.310 e. The highest BCUT2D eigenvalue weighted by atomic mass is 32.1. The van der Waals surface area contributed by atoms with E-state index in [1.165, 1.54) is 44.3 Å². The smallest absolute Gasteiger partial charge is 0.310 e. The van der Waals surface area contributed by atoms with Gasteiger partial charge >= 0.3 is 5.97 Å². The van der Waals surface area contributed by atoms with E-state index in [1.807, 2.05) is 6.07 Å². The summed E-state index contributed by atoms with van der Waals surface area (Å²) in [6.07, 6.45) is 4.45. The highest BCUT2D eigenvalue weighted by molar-refractivity contribution is 7.12. The van der Waals surface area contributed by atoms with Gasteiger partial charge in [0, 0.05) is 28.9 Å². The molecule has 0 bridgehead atoms. The summed E-state index contributed by atoms with van der Waals surface area (Å²) < 4.78 is 4.69. The normalized spacial score (nSPS) is 17.6. The lowest BCUT2D eigenvalue weighted by molar-refractivity contribution is -0.139. The summed E-state index contributed by atoms with van der Waals surface area (Å²) in [6, 6.07) is 4.62. The summed E-state index contributed by atoms with van der Waals surface area (Å²) >= 11 is 1.69. The molecule has 1 aliphatic heterocycles. The molecule has 2 heterocycles. The van der Waals surface area contributed by atoms with E-state index in [1.54, 1.807) is 11.3 Å². The standard InChI is InChI=1S/C16H26N2O2S/c1-13(12-18-8-4-3-5-9-18)17-11-15-7-6-14(21-15)10-16(19)20-2/h6-7,13,17H,3-5,8-12H2,1-2H3. The topological polar surface area (TPSA) is 41.6 Å². The van der Waals surface area contributed by atoms with Gasteiger partial charge in [0.1, 0.15) is 0 Å². The van der Waals surface area contributed by atoms with Gasteiger partial charge in [0.2, 0.25) is 0 Å². The van der Waals surface area contributed by atoms with Crippen molar-refractivity contribution in [2.24, 2.45) is 0 Å². The predicted octanol–water partition coefficient (Wildman–Crippen LogP) is 2.43. The molecule has 1 aromatic heterocycles. The first-order valence-corrected chi connectivity index (χ1v) is 8.59. The molecule has 21 heavy (non-hydrogen) atoms. The largest absolute Gasteiger partial charge is 0.469 e. The van der Waals surface area contributed by atoms with E-state index in [4.69, 9.17) is 4.74 Å². The van der Waals surface area contributed by atoms with Gasteiger partial charge in [-0.15, -0.1) is 11.3 Å². The quantitative estimate of drug-likeness (QED) is 0.785. The van der Waals surface area contributed by atoms with Crippen LogP contribution < -0.4 is 5.32 Å². The molecule has 1 atom stereocenters. The summed E-state index contributed by atoms with van der Waals surface area (Å²) in [6.45, 7) is 6.74. The molecule has 1 aromatic rings. The summed E-state index contributed by atoms with van der Waals surface area (Å²) in [4.78, 5) is 16.1. The number of carbonyl (C=O) groups is 1. The van der Waals surface area contributed by atoms with Gasteiger partial charge in [-0.05, 0) is 45.0 Å². The molecule has 1 aliphatic rings. The molecule has 4 nitrogen and oxygen atoms in total. The van der Waals surface area contributed by atoms with Crippen molar-refractivity contribution in [1.82, 2.24) is 10.2 Å². The molecule has 0 saturated carbocycles. The molecule has 0 aromatic carbocycles. The number of nitrogens with one attached hydrogen (secondary N) is 1. The number of hydrogen-bond acceptors (Lipinski definition) is 5. The second-order valence-corrected chi connectivity index (χ2v) is 7.02. The lowest BCUT2D eigenvalue weighted by atomic mass is 10.1. The molecular formula is C16H26N2O2S. The van der Waals surface area contributed by atoms with Crippen molar-refractivity contribution in [2.75, 3.05) is 26.7 Å². The molecule has 118 valence electrons. The van der Waals surface area contributed by atoms with E-state index in [0.29, 0.717) is 12.5 Å². The maximum absolute atomic E-state index is 11.2. The van der Waals surface area contributed by atoms with Gasteiger partial charge in [-0.2, -0.15) is 0 Å². The number of esters is 1. The number of nitrogens with zero attached hydrogens (tertiary/aromatic N) is 1. The minimum atomic E-state index is -0.171. The average Bonchev–Trinajstić information content (AvgIpc) is 2.93. The molecule has 0 radical (unpaired) electrons. The fraction of sp³-hybridized carbons (Fsp3) is 0.688. The van der Waals surface area contributed by atoms with Crippen molar-refractivity contribution in [3.05, 3.63) is 21.9 Å². The first kappa shape index (κ1) is 16.5. The van der Waals surface area contributed by atoms with Crippen LogP contribution in [0.1, 0.15) is 35.9 Å². The van der Waals surface area contributed by atoms with Crippen LogP contribution in [0.25, 0.3) is 0 Å². The second kappa shape index (κ2) is 8.51. The van der Waals surface area contributed by atoms with E-state index in [2.05, 4.69) is 23.2 Å². The lowest BCUT2D eigenvalue weighted by Crippen LogP contribution is -2.41. The Morgan fingerprint density at radius 1 is 1.33 bits per heavy atom.